The number of phenolic OH excluding ortho intramolecular Hbond substituents is 4. The maximum Gasteiger partial charge on any atom is 0.203 e. The van der Waals surface area contributed by atoms with Crippen molar-refractivity contribution in [2.45, 2.75) is 38.9 Å². The topological polar surface area (TPSA) is 155 Å². The molecule has 2 atom stereocenters. The molecule has 0 aliphatic rings. The summed E-state index contributed by atoms with van der Waals surface area (Å²) in [6.45, 7) is 1.41. The number of hydrogen-bond donors (Lipinski definition) is 4. The monoisotopic (exact) mass is 722 g/mol. The van der Waals surface area contributed by atoms with Crippen LogP contribution in [0.4, 0.5) is 0 Å². The van der Waals surface area contributed by atoms with Gasteiger partial charge in [-0.2, -0.15) is 0 Å². The molecule has 52 heavy (non-hydrogen) atoms. The average molecular weight is 723 g/mol. The highest BCUT2D eigenvalue weighted by Crippen LogP contribution is 2.40. The fourth-order valence-electron chi connectivity index (χ4n) is 6.27. The van der Waals surface area contributed by atoms with Crippen LogP contribution in [-0.4, -0.2) is 76.3 Å². The molecule has 12 heteroatoms. The van der Waals surface area contributed by atoms with Crippen LogP contribution in [0.3, 0.4) is 0 Å². The molecule has 0 aliphatic heterocycles. The van der Waals surface area contributed by atoms with Gasteiger partial charge in [-0.3, -0.25) is 0 Å². The van der Waals surface area contributed by atoms with Crippen molar-refractivity contribution in [2.24, 2.45) is 11.8 Å². The van der Waals surface area contributed by atoms with Gasteiger partial charge in [-0.25, -0.2) is 0 Å². The van der Waals surface area contributed by atoms with E-state index >= 15 is 0 Å². The third-order valence-electron chi connectivity index (χ3n) is 8.92. The molecule has 12 nitrogen and oxygen atoms in total. The summed E-state index contributed by atoms with van der Waals surface area (Å²) < 4.78 is 45.4. The average Bonchev–Trinajstić information content (AvgIpc) is 3.15. The smallest absolute Gasteiger partial charge is 0.203 e. The van der Waals surface area contributed by atoms with Crippen LogP contribution >= 0.6 is 0 Å². The van der Waals surface area contributed by atoms with Gasteiger partial charge in [-0.05, 0) is 108 Å². The van der Waals surface area contributed by atoms with Gasteiger partial charge in [-0.15, -0.1) is 0 Å². The molecule has 0 radical (unpaired) electrons. The molecule has 0 fully saturated rings. The summed E-state index contributed by atoms with van der Waals surface area (Å²) in [6, 6.07) is 17.1. The van der Waals surface area contributed by atoms with Crippen molar-refractivity contribution in [3.05, 3.63) is 82.9 Å². The van der Waals surface area contributed by atoms with Gasteiger partial charge in [0, 0.05) is 6.61 Å². The third kappa shape index (κ3) is 10.4. The van der Waals surface area contributed by atoms with Gasteiger partial charge in [0.25, 0.3) is 0 Å². The van der Waals surface area contributed by atoms with Crippen LogP contribution in [0.25, 0.3) is 0 Å². The second kappa shape index (κ2) is 19.4. The van der Waals surface area contributed by atoms with Crippen molar-refractivity contribution in [2.75, 3.05) is 55.9 Å². The van der Waals surface area contributed by atoms with E-state index in [2.05, 4.69) is 0 Å². The van der Waals surface area contributed by atoms with Crippen LogP contribution in [0.2, 0.25) is 0 Å². The molecule has 0 bridgehead atoms. The highest BCUT2D eigenvalue weighted by molar-refractivity contribution is 5.54. The number of benzene rings is 4. The van der Waals surface area contributed by atoms with Gasteiger partial charge >= 0.3 is 0 Å². The van der Waals surface area contributed by atoms with E-state index in [1.807, 2.05) is 24.3 Å². The molecule has 0 aliphatic carbocycles. The van der Waals surface area contributed by atoms with Crippen LogP contribution in [-0.2, 0) is 35.5 Å². The highest BCUT2D eigenvalue weighted by Gasteiger charge is 2.25. The zero-order valence-corrected chi connectivity index (χ0v) is 30.6. The molecule has 0 unspecified atom stereocenters. The summed E-state index contributed by atoms with van der Waals surface area (Å²) in [5, 5.41) is 40.5. The summed E-state index contributed by atoms with van der Waals surface area (Å²) in [5.74, 6) is 2.31. The normalized spacial score (nSPS) is 12.2. The van der Waals surface area contributed by atoms with Crippen molar-refractivity contribution in [1.29, 1.82) is 0 Å². The van der Waals surface area contributed by atoms with Gasteiger partial charge in [0.05, 0.1) is 62.5 Å². The molecule has 0 saturated carbocycles. The van der Waals surface area contributed by atoms with Crippen molar-refractivity contribution < 1.29 is 58.3 Å². The number of aromatic hydroxyl groups is 4. The summed E-state index contributed by atoms with van der Waals surface area (Å²) in [6.07, 6.45) is 2.55. The lowest BCUT2D eigenvalue weighted by molar-refractivity contribution is 0.0578. The van der Waals surface area contributed by atoms with Crippen molar-refractivity contribution in [1.82, 2.24) is 0 Å². The molecule has 0 aromatic heterocycles. The Labute approximate surface area is 305 Å². The molecule has 4 aromatic rings. The Balaban J connectivity index is 1.55. The lowest BCUT2D eigenvalue weighted by Crippen LogP contribution is -2.25. The minimum Gasteiger partial charge on any atom is -0.504 e. The number of ether oxygens (including phenoxy) is 8. The largest absolute Gasteiger partial charge is 0.504 e. The van der Waals surface area contributed by atoms with Crippen LogP contribution in [0.15, 0.2) is 60.7 Å². The Morgan fingerprint density at radius 1 is 0.462 bits per heavy atom. The molecule has 0 amide bonds. The fraction of sp³-hybridized carbons (Fsp3) is 0.400. The van der Waals surface area contributed by atoms with Crippen molar-refractivity contribution >= 4 is 0 Å². The number of methoxy groups -OCH3 is 6. The fourth-order valence-corrected chi connectivity index (χ4v) is 6.27. The second-order valence-electron chi connectivity index (χ2n) is 12.4. The van der Waals surface area contributed by atoms with Crippen LogP contribution in [0.5, 0.6) is 57.5 Å². The highest BCUT2D eigenvalue weighted by atomic mass is 16.5. The number of hydrogen-bond acceptors (Lipinski definition) is 12. The van der Waals surface area contributed by atoms with E-state index in [0.29, 0.717) is 73.6 Å². The van der Waals surface area contributed by atoms with E-state index in [-0.39, 0.29) is 41.4 Å². The Bertz CT molecular complexity index is 1690. The SMILES string of the molecule is COc1cc(COCCC[C@H](Cc2ccc(O)c(O)c2)[C@H](COCc2cc(OC)c(OC)c(OC)c2)Cc2ccc(O)c(O)c2)cc(OC)c1OC. The Kier molecular flexibility index (Phi) is 14.8. The minimum absolute atomic E-state index is 0.0182. The summed E-state index contributed by atoms with van der Waals surface area (Å²) in [4.78, 5) is 0. The van der Waals surface area contributed by atoms with E-state index < -0.39 is 0 Å². The van der Waals surface area contributed by atoms with E-state index in [1.54, 1.807) is 66.9 Å². The van der Waals surface area contributed by atoms with Crippen molar-refractivity contribution in [3.8, 4) is 57.5 Å². The van der Waals surface area contributed by atoms with Crippen LogP contribution in [0, 0.1) is 11.8 Å². The molecule has 4 N–H and O–H groups in total. The molecule has 282 valence electrons. The molecule has 0 heterocycles. The van der Waals surface area contributed by atoms with E-state index in [9.17, 15) is 20.4 Å². The third-order valence-corrected chi connectivity index (χ3v) is 8.92. The standard InChI is InChI=1S/C40H50O12/c1-45-35-18-27(19-36(46-2)39(35)49-5)22-51-13-7-8-29(14-25-9-11-31(41)33(43)16-25)30(15-26-10-12-32(42)34(44)17-26)24-52-23-28-20-37(47-3)40(50-6)38(21-28)48-4/h9-12,16-21,29-30,41-44H,7-8,13-15,22-24H2,1-6H3/t29-,30+/m1/s1. The van der Waals surface area contributed by atoms with Crippen LogP contribution in [0.1, 0.15) is 35.1 Å². The molecule has 0 spiro atoms. The van der Waals surface area contributed by atoms with E-state index in [4.69, 9.17) is 37.9 Å². The maximum absolute atomic E-state index is 10.3. The van der Waals surface area contributed by atoms with Gasteiger partial charge in [0.15, 0.2) is 46.0 Å². The van der Waals surface area contributed by atoms with Gasteiger partial charge in [-0.1, -0.05) is 12.1 Å². The second-order valence-corrected chi connectivity index (χ2v) is 12.4. The summed E-state index contributed by atoms with van der Waals surface area (Å²) >= 11 is 0. The molecule has 4 rings (SSSR count). The van der Waals surface area contributed by atoms with Gasteiger partial charge in [0.1, 0.15) is 0 Å². The molecular weight excluding hydrogens is 672 g/mol. The number of phenols is 4. The Morgan fingerprint density at radius 3 is 1.29 bits per heavy atom. The maximum atomic E-state index is 10.3. The summed E-state index contributed by atoms with van der Waals surface area (Å²) in [7, 11) is 9.37. The Morgan fingerprint density at radius 2 is 0.885 bits per heavy atom. The molecule has 4 aromatic carbocycles. The van der Waals surface area contributed by atoms with E-state index in [0.717, 1.165) is 28.7 Å². The summed E-state index contributed by atoms with van der Waals surface area (Å²) in [5.41, 5.74) is 3.38. The lowest BCUT2D eigenvalue weighted by atomic mass is 9.80. The van der Waals surface area contributed by atoms with Crippen molar-refractivity contribution in [3.63, 3.8) is 0 Å². The van der Waals surface area contributed by atoms with E-state index in [1.165, 1.54) is 12.1 Å². The first kappa shape index (κ1) is 39.6. The first-order valence-corrected chi connectivity index (χ1v) is 16.9. The zero-order chi connectivity index (χ0) is 37.6. The van der Waals surface area contributed by atoms with Gasteiger partial charge in [0.2, 0.25) is 11.5 Å². The quantitative estimate of drug-likeness (QED) is 0.0529. The number of rotatable bonds is 21. The molecule has 0 saturated heterocycles. The van der Waals surface area contributed by atoms with Crippen LogP contribution < -0.4 is 28.4 Å². The molecular formula is C40H50O12. The minimum atomic E-state index is -0.199. The van der Waals surface area contributed by atoms with Gasteiger partial charge < -0.3 is 58.3 Å². The Hall–Kier alpha value is -5.20. The zero-order valence-electron chi connectivity index (χ0n) is 30.6. The first-order chi connectivity index (χ1) is 25.1. The predicted molar refractivity (Wildman–Crippen MR) is 195 cm³/mol. The predicted octanol–water partition coefficient (Wildman–Crippen LogP) is 6.79. The first-order valence-electron chi connectivity index (χ1n) is 16.9. The lowest BCUT2D eigenvalue weighted by Gasteiger charge is -2.28.